The minimum Gasteiger partial charge on any atom is -0.478 e. The molecule has 2 amide bonds. The van der Waals surface area contributed by atoms with Crippen LogP contribution in [0.3, 0.4) is 0 Å². The quantitative estimate of drug-likeness (QED) is 0.127. The molecule has 2 heterocycles. The number of nitrogens with one attached hydrogen (secondary N) is 2. The van der Waals surface area contributed by atoms with Crippen LogP contribution >= 0.6 is 11.3 Å². The minimum absolute atomic E-state index is 0.00754. The number of fused-ring (bicyclic) bond motifs is 1. The molecule has 0 bridgehead atoms. The van der Waals surface area contributed by atoms with Crippen molar-refractivity contribution in [3.8, 4) is 0 Å². The molecular formula is C42H48F2N4O4S. The van der Waals surface area contributed by atoms with Gasteiger partial charge in [-0.15, -0.1) is 11.3 Å². The first kappa shape index (κ1) is 38.3. The lowest BCUT2D eigenvalue weighted by molar-refractivity contribution is 0.0134. The summed E-state index contributed by atoms with van der Waals surface area (Å²) in [6.45, 7) is 11.6. The molecule has 1 saturated heterocycles. The number of anilines is 2. The molecule has 11 heteroatoms. The van der Waals surface area contributed by atoms with Gasteiger partial charge in [0.15, 0.2) is 0 Å². The average Bonchev–Trinajstić information content (AvgIpc) is 3.49. The maximum Gasteiger partial charge on any atom is 0.335 e. The lowest BCUT2D eigenvalue weighted by Gasteiger charge is -2.47. The second kappa shape index (κ2) is 16.7. The van der Waals surface area contributed by atoms with Crippen molar-refractivity contribution in [3.05, 3.63) is 116 Å². The maximum absolute atomic E-state index is 15.2. The third kappa shape index (κ3) is 9.20. The van der Waals surface area contributed by atoms with Crippen LogP contribution in [0.1, 0.15) is 105 Å². The number of thiophene rings is 1. The number of halogens is 2. The van der Waals surface area contributed by atoms with E-state index in [4.69, 9.17) is 5.11 Å². The largest absolute Gasteiger partial charge is 0.478 e. The Hall–Kier alpha value is -4.45. The van der Waals surface area contributed by atoms with E-state index in [1.807, 2.05) is 18.2 Å². The highest BCUT2D eigenvalue weighted by Crippen LogP contribution is 2.39. The molecule has 1 aliphatic carbocycles. The Morgan fingerprint density at radius 1 is 0.868 bits per heavy atom. The van der Waals surface area contributed by atoms with Crippen LogP contribution in [0.15, 0.2) is 60.7 Å². The number of hydrogen-bond donors (Lipinski definition) is 3. The van der Waals surface area contributed by atoms with E-state index in [1.54, 1.807) is 18.2 Å². The highest BCUT2D eigenvalue weighted by molar-refractivity contribution is 7.17. The fraction of sp³-hybridized carbons (Fsp3) is 0.405. The molecule has 3 aromatic carbocycles. The summed E-state index contributed by atoms with van der Waals surface area (Å²) >= 11 is 1.39. The number of piperazine rings is 1. The molecule has 4 aromatic rings. The van der Waals surface area contributed by atoms with Crippen LogP contribution in [-0.2, 0) is 32.2 Å². The van der Waals surface area contributed by atoms with E-state index in [0.717, 1.165) is 85.7 Å². The Bertz CT molecular complexity index is 1950. The first-order valence-electron chi connectivity index (χ1n) is 18.6. The number of unbranched alkanes of at least 4 members (excludes halogenated alkanes) is 1. The Labute approximate surface area is 314 Å². The molecule has 53 heavy (non-hydrogen) atoms. The molecule has 1 fully saturated rings. The predicted molar refractivity (Wildman–Crippen MR) is 206 cm³/mol. The zero-order chi connectivity index (χ0) is 37.7. The maximum atomic E-state index is 15.2. The van der Waals surface area contributed by atoms with Gasteiger partial charge in [-0.05, 0) is 118 Å². The summed E-state index contributed by atoms with van der Waals surface area (Å²) in [5.74, 6) is -3.47. The Kier molecular flexibility index (Phi) is 12.1. The van der Waals surface area contributed by atoms with Gasteiger partial charge >= 0.3 is 5.97 Å². The van der Waals surface area contributed by atoms with Crippen molar-refractivity contribution in [2.75, 3.05) is 36.8 Å². The minimum atomic E-state index is -1.05. The van der Waals surface area contributed by atoms with Crippen LogP contribution in [0.4, 0.5) is 19.5 Å². The highest BCUT2D eigenvalue weighted by atomic mass is 32.1. The summed E-state index contributed by atoms with van der Waals surface area (Å²) in [5, 5.41) is 15.2. The smallest absolute Gasteiger partial charge is 0.335 e. The van der Waals surface area contributed by atoms with Crippen molar-refractivity contribution in [2.24, 2.45) is 0 Å². The third-order valence-corrected chi connectivity index (χ3v) is 11.6. The van der Waals surface area contributed by atoms with Crippen LogP contribution in [0.2, 0.25) is 0 Å². The summed E-state index contributed by atoms with van der Waals surface area (Å²) in [6.07, 6.45) is 6.10. The van der Waals surface area contributed by atoms with Gasteiger partial charge in [-0.3, -0.25) is 14.5 Å². The van der Waals surface area contributed by atoms with Gasteiger partial charge in [0.1, 0.15) is 16.6 Å². The zero-order valence-electron chi connectivity index (χ0n) is 30.7. The van der Waals surface area contributed by atoms with Gasteiger partial charge in [-0.25, -0.2) is 13.6 Å². The number of benzene rings is 3. The number of aryl methyl sites for hydroxylation is 2. The Balaban J connectivity index is 1.15. The fourth-order valence-electron chi connectivity index (χ4n) is 7.45. The van der Waals surface area contributed by atoms with Gasteiger partial charge in [-0.2, -0.15) is 0 Å². The van der Waals surface area contributed by atoms with Crippen molar-refractivity contribution in [2.45, 2.75) is 84.2 Å². The van der Waals surface area contributed by atoms with E-state index in [1.165, 1.54) is 36.3 Å². The Morgan fingerprint density at radius 2 is 1.60 bits per heavy atom. The number of carbonyl (C=O) groups excluding carboxylic acids is 2. The summed E-state index contributed by atoms with van der Waals surface area (Å²) in [7, 11) is 0. The van der Waals surface area contributed by atoms with E-state index >= 15 is 8.78 Å². The molecule has 1 aromatic heterocycles. The molecule has 0 atom stereocenters. The predicted octanol–water partition coefficient (Wildman–Crippen LogP) is 8.59. The second-order valence-electron chi connectivity index (χ2n) is 14.8. The van der Waals surface area contributed by atoms with E-state index < -0.39 is 23.5 Å². The second-order valence-corrected chi connectivity index (χ2v) is 15.9. The van der Waals surface area contributed by atoms with E-state index in [-0.39, 0.29) is 34.7 Å². The topological polar surface area (TPSA) is 102 Å². The first-order valence-corrected chi connectivity index (χ1v) is 19.4. The van der Waals surface area contributed by atoms with Gasteiger partial charge in [0.2, 0.25) is 0 Å². The number of carboxylic acid groups (broad SMARTS) is 1. The van der Waals surface area contributed by atoms with Crippen molar-refractivity contribution in [3.63, 3.8) is 0 Å². The van der Waals surface area contributed by atoms with Crippen molar-refractivity contribution in [1.82, 2.24) is 9.80 Å². The lowest BCUT2D eigenvalue weighted by atomic mass is 9.95. The number of amides is 2. The molecule has 3 N–H and O–H groups in total. The number of carbonyl (C=O) groups is 3. The monoisotopic (exact) mass is 742 g/mol. The SMILES string of the molecule is CCCCN1CCN(Cc2cccc(C(=O)Nc3sc4c(c3C(=O)Nc3cc(F)c(CCc5ccc(C(=O)O)cc5)c(F)c3)CCCC4)c2)C(C)(C)C1. The number of aromatic carboxylic acids is 1. The highest BCUT2D eigenvalue weighted by Gasteiger charge is 2.33. The fourth-order valence-corrected chi connectivity index (χ4v) is 8.73. The van der Waals surface area contributed by atoms with Gasteiger partial charge in [0.25, 0.3) is 11.8 Å². The third-order valence-electron chi connectivity index (χ3n) is 10.4. The van der Waals surface area contributed by atoms with E-state index in [9.17, 15) is 14.4 Å². The van der Waals surface area contributed by atoms with Crippen LogP contribution in [0, 0.1) is 11.6 Å². The Morgan fingerprint density at radius 3 is 2.30 bits per heavy atom. The molecule has 1 aliphatic heterocycles. The van der Waals surface area contributed by atoms with Crippen LogP contribution < -0.4 is 10.6 Å². The van der Waals surface area contributed by atoms with Gasteiger partial charge < -0.3 is 20.6 Å². The van der Waals surface area contributed by atoms with Crippen molar-refractivity contribution in [1.29, 1.82) is 0 Å². The van der Waals surface area contributed by atoms with Gasteiger partial charge in [-0.1, -0.05) is 37.6 Å². The number of rotatable bonds is 13. The number of hydrogen-bond acceptors (Lipinski definition) is 6. The molecule has 0 unspecified atom stereocenters. The summed E-state index contributed by atoms with van der Waals surface area (Å²) < 4.78 is 30.5. The summed E-state index contributed by atoms with van der Waals surface area (Å²) in [5.41, 5.74) is 3.48. The van der Waals surface area contributed by atoms with Crippen LogP contribution in [0.25, 0.3) is 0 Å². The van der Waals surface area contributed by atoms with Gasteiger partial charge in [0.05, 0.1) is 11.1 Å². The molecule has 280 valence electrons. The lowest BCUT2D eigenvalue weighted by Crippen LogP contribution is -2.58. The van der Waals surface area contributed by atoms with Gasteiger partial charge in [0, 0.05) is 53.4 Å². The van der Waals surface area contributed by atoms with E-state index in [2.05, 4.69) is 41.2 Å². The van der Waals surface area contributed by atoms with Crippen LogP contribution in [-0.4, -0.2) is 64.4 Å². The molecule has 8 nitrogen and oxygen atoms in total. The average molecular weight is 743 g/mol. The van der Waals surface area contributed by atoms with Crippen molar-refractivity contribution >= 4 is 39.8 Å². The van der Waals surface area contributed by atoms with E-state index in [0.29, 0.717) is 29.0 Å². The molecule has 0 spiro atoms. The zero-order valence-corrected chi connectivity index (χ0v) is 31.5. The molecule has 0 saturated carbocycles. The normalized spacial score (nSPS) is 15.9. The number of nitrogens with zero attached hydrogens (tertiary/aromatic N) is 2. The molecule has 0 radical (unpaired) electrons. The summed E-state index contributed by atoms with van der Waals surface area (Å²) in [6, 6.07) is 16.0. The van der Waals surface area contributed by atoms with Crippen molar-refractivity contribution < 1.29 is 28.3 Å². The summed E-state index contributed by atoms with van der Waals surface area (Å²) in [4.78, 5) is 44.7. The van der Waals surface area contributed by atoms with Crippen LogP contribution in [0.5, 0.6) is 0 Å². The molecule has 2 aliphatic rings. The number of carboxylic acids is 1. The molecular weight excluding hydrogens is 695 g/mol. The molecule has 6 rings (SSSR count). The first-order chi connectivity index (χ1) is 25.4. The standard InChI is InChI=1S/C42H48F2N4O4S/c1-4-5-19-47-20-21-48(42(2,3)26-47)25-28-9-8-10-30(22-28)38(49)46-40-37(33-11-6-7-12-36(33)53-40)39(50)45-31-23-34(43)32(35(44)24-31)18-15-27-13-16-29(17-14-27)41(51)52/h8-10,13-14,16-17,22-24H,4-7,11-12,15,18-21,25-26H2,1-3H3,(H,45,50)(H,46,49)(H,51,52).